The quantitative estimate of drug-likeness (QED) is 0.472. The number of hydrogen-bond donors (Lipinski definition) is 1. The van der Waals surface area contributed by atoms with Crippen molar-refractivity contribution in [3.05, 3.63) is 23.9 Å². The van der Waals surface area contributed by atoms with Gasteiger partial charge in [-0.05, 0) is 12.0 Å². The number of aromatic nitrogens is 1. The molecule has 150 valence electrons. The monoisotopic (exact) mass is 399 g/mol. The van der Waals surface area contributed by atoms with Gasteiger partial charge in [0.25, 0.3) is 5.91 Å². The first-order valence-electron chi connectivity index (χ1n) is 8.75. The van der Waals surface area contributed by atoms with Gasteiger partial charge < -0.3 is 14.8 Å². The normalized spacial score (nSPS) is 13.7. The van der Waals surface area contributed by atoms with Crippen LogP contribution in [0.1, 0.15) is 37.0 Å². The van der Waals surface area contributed by atoms with Crippen molar-refractivity contribution in [2.45, 2.75) is 26.7 Å². The molecule has 0 radical (unpaired) electrons. The molecule has 9 heteroatoms. The molecule has 0 atom stereocenters. The van der Waals surface area contributed by atoms with Crippen molar-refractivity contribution in [1.29, 1.82) is 0 Å². The van der Waals surface area contributed by atoms with Crippen LogP contribution >= 0.6 is 12.4 Å². The van der Waals surface area contributed by atoms with Crippen molar-refractivity contribution >= 4 is 30.1 Å². The minimum atomic E-state index is -0.249. The molecule has 0 aliphatic carbocycles. The number of carbonyl (C=O) groups excluding carboxylic acids is 3. The summed E-state index contributed by atoms with van der Waals surface area (Å²) < 4.78 is 10.8. The highest BCUT2D eigenvalue weighted by Crippen LogP contribution is 2.11. The third-order valence-corrected chi connectivity index (χ3v) is 3.71. The highest BCUT2D eigenvalue weighted by Gasteiger charge is 2.28. The molecule has 1 aliphatic heterocycles. The Bertz CT molecular complexity index is 620. The zero-order chi connectivity index (χ0) is 18.9. The number of carbonyl (C=O) groups is 3. The molecule has 3 amide bonds. The van der Waals surface area contributed by atoms with Crippen LogP contribution < -0.4 is 10.1 Å². The van der Waals surface area contributed by atoms with E-state index in [1.54, 1.807) is 12.1 Å². The number of amides is 3. The zero-order valence-electron chi connectivity index (χ0n) is 15.6. The van der Waals surface area contributed by atoms with Gasteiger partial charge in [-0.2, -0.15) is 0 Å². The fraction of sp³-hybridized carbons (Fsp3) is 0.556. The van der Waals surface area contributed by atoms with Crippen LogP contribution in [0.15, 0.2) is 18.3 Å². The van der Waals surface area contributed by atoms with Gasteiger partial charge in [0.2, 0.25) is 17.7 Å². The Morgan fingerprint density at radius 1 is 1.22 bits per heavy atom. The molecule has 2 heterocycles. The standard InChI is InChI=1S/C18H25N3O5.ClH/c1-13(2)12-26-15-4-3-14(11-20-15)18(24)19-7-9-25-10-8-21-16(22)5-6-17(21)23;/h3-4,11,13H,5-10,12H2,1-2H3,(H,19,24);1H. The Labute approximate surface area is 165 Å². The lowest BCUT2D eigenvalue weighted by Gasteiger charge is -2.13. The average Bonchev–Trinajstić information content (AvgIpc) is 2.94. The second-order valence-electron chi connectivity index (χ2n) is 6.40. The van der Waals surface area contributed by atoms with Gasteiger partial charge in [0.05, 0.1) is 31.9 Å². The van der Waals surface area contributed by atoms with Crippen molar-refractivity contribution in [2.75, 3.05) is 32.9 Å². The molecule has 0 bridgehead atoms. The average molecular weight is 400 g/mol. The van der Waals surface area contributed by atoms with Crippen LogP contribution in [-0.4, -0.2) is 60.5 Å². The molecule has 27 heavy (non-hydrogen) atoms. The molecule has 1 aromatic rings. The predicted octanol–water partition coefficient (Wildman–Crippen LogP) is 1.43. The van der Waals surface area contributed by atoms with Crippen molar-refractivity contribution < 1.29 is 23.9 Å². The second kappa shape index (κ2) is 11.5. The summed E-state index contributed by atoms with van der Waals surface area (Å²) in [7, 11) is 0. The summed E-state index contributed by atoms with van der Waals surface area (Å²) in [5.41, 5.74) is 0.440. The number of ether oxygens (including phenoxy) is 2. The Morgan fingerprint density at radius 3 is 2.52 bits per heavy atom. The van der Waals surface area contributed by atoms with Crippen LogP contribution in [0.25, 0.3) is 0 Å². The van der Waals surface area contributed by atoms with Crippen LogP contribution in [0.2, 0.25) is 0 Å². The minimum absolute atomic E-state index is 0. The number of likely N-dealkylation sites (tertiary alicyclic amines) is 1. The maximum absolute atomic E-state index is 12.0. The van der Waals surface area contributed by atoms with Gasteiger partial charge in [-0.1, -0.05) is 13.8 Å². The van der Waals surface area contributed by atoms with Gasteiger partial charge >= 0.3 is 0 Å². The fourth-order valence-electron chi connectivity index (χ4n) is 2.32. The first-order valence-corrected chi connectivity index (χ1v) is 8.75. The van der Waals surface area contributed by atoms with Crippen molar-refractivity contribution in [1.82, 2.24) is 15.2 Å². The van der Waals surface area contributed by atoms with E-state index in [1.165, 1.54) is 11.1 Å². The molecular formula is C18H26ClN3O5. The Balaban J connectivity index is 0.00000364. The fourth-order valence-corrected chi connectivity index (χ4v) is 2.32. The van der Waals surface area contributed by atoms with Crippen LogP contribution in [0.3, 0.4) is 0 Å². The maximum atomic E-state index is 12.0. The lowest BCUT2D eigenvalue weighted by molar-refractivity contribution is -0.139. The summed E-state index contributed by atoms with van der Waals surface area (Å²) in [5, 5.41) is 2.72. The SMILES string of the molecule is CC(C)COc1ccc(C(=O)NCCOCCN2C(=O)CCC2=O)cn1.Cl. The number of rotatable bonds is 10. The molecule has 0 aromatic carbocycles. The van der Waals surface area contributed by atoms with Crippen LogP contribution in [-0.2, 0) is 14.3 Å². The van der Waals surface area contributed by atoms with Crippen molar-refractivity contribution in [3.8, 4) is 5.88 Å². The first-order chi connectivity index (χ1) is 12.5. The zero-order valence-corrected chi connectivity index (χ0v) is 16.4. The lowest BCUT2D eigenvalue weighted by atomic mass is 10.2. The van der Waals surface area contributed by atoms with Gasteiger partial charge in [0, 0.05) is 31.6 Å². The molecule has 0 unspecified atom stereocenters. The summed E-state index contributed by atoms with van der Waals surface area (Å²) in [6.07, 6.45) is 2.03. The molecule has 1 fully saturated rings. The largest absolute Gasteiger partial charge is 0.477 e. The number of imide groups is 1. The summed E-state index contributed by atoms with van der Waals surface area (Å²) in [5.74, 6) is 0.341. The van der Waals surface area contributed by atoms with E-state index in [0.717, 1.165) is 0 Å². The van der Waals surface area contributed by atoms with Crippen LogP contribution in [0.4, 0.5) is 0 Å². The van der Waals surface area contributed by atoms with E-state index >= 15 is 0 Å². The number of halogens is 1. The Kier molecular flexibility index (Phi) is 9.74. The van der Waals surface area contributed by atoms with Gasteiger partial charge in [-0.25, -0.2) is 4.98 Å². The van der Waals surface area contributed by atoms with Crippen molar-refractivity contribution in [3.63, 3.8) is 0 Å². The van der Waals surface area contributed by atoms with Crippen LogP contribution in [0.5, 0.6) is 5.88 Å². The van der Waals surface area contributed by atoms with E-state index in [2.05, 4.69) is 10.3 Å². The predicted molar refractivity (Wildman–Crippen MR) is 101 cm³/mol. The summed E-state index contributed by atoms with van der Waals surface area (Å²) in [4.78, 5) is 40.2. The summed E-state index contributed by atoms with van der Waals surface area (Å²) in [6.45, 7) is 5.81. The van der Waals surface area contributed by atoms with Gasteiger partial charge in [-0.15, -0.1) is 12.4 Å². The third-order valence-electron chi connectivity index (χ3n) is 3.71. The Morgan fingerprint density at radius 2 is 1.93 bits per heavy atom. The Hall–Kier alpha value is -2.19. The molecule has 2 rings (SSSR count). The topological polar surface area (TPSA) is 97.8 Å². The lowest BCUT2D eigenvalue weighted by Crippen LogP contribution is -2.33. The number of hydrogen-bond acceptors (Lipinski definition) is 6. The first kappa shape index (κ1) is 22.9. The van der Waals surface area contributed by atoms with Gasteiger partial charge in [0.15, 0.2) is 0 Å². The molecule has 1 aliphatic rings. The second-order valence-corrected chi connectivity index (χ2v) is 6.40. The number of pyridine rings is 1. The highest BCUT2D eigenvalue weighted by molar-refractivity contribution is 6.01. The van der Waals surface area contributed by atoms with E-state index in [1.807, 2.05) is 13.8 Å². The molecule has 0 spiro atoms. The number of nitrogens with one attached hydrogen (secondary N) is 1. The van der Waals surface area contributed by atoms with E-state index in [0.29, 0.717) is 37.1 Å². The summed E-state index contributed by atoms with van der Waals surface area (Å²) >= 11 is 0. The van der Waals surface area contributed by atoms with Gasteiger partial charge in [0.1, 0.15) is 0 Å². The molecule has 1 aromatic heterocycles. The molecule has 8 nitrogen and oxygen atoms in total. The molecule has 0 saturated carbocycles. The minimum Gasteiger partial charge on any atom is -0.477 e. The van der Waals surface area contributed by atoms with Crippen molar-refractivity contribution in [2.24, 2.45) is 5.92 Å². The summed E-state index contributed by atoms with van der Waals surface area (Å²) in [6, 6.07) is 3.32. The van der Waals surface area contributed by atoms with Gasteiger partial charge in [-0.3, -0.25) is 19.3 Å². The third kappa shape index (κ3) is 7.52. The molecular weight excluding hydrogens is 374 g/mol. The van der Waals surface area contributed by atoms with E-state index in [9.17, 15) is 14.4 Å². The van der Waals surface area contributed by atoms with E-state index in [-0.39, 0.29) is 56.1 Å². The smallest absolute Gasteiger partial charge is 0.252 e. The highest BCUT2D eigenvalue weighted by atomic mass is 35.5. The van der Waals surface area contributed by atoms with E-state index < -0.39 is 0 Å². The van der Waals surface area contributed by atoms with E-state index in [4.69, 9.17) is 9.47 Å². The number of nitrogens with zero attached hydrogens (tertiary/aromatic N) is 2. The molecule has 1 saturated heterocycles. The maximum Gasteiger partial charge on any atom is 0.252 e. The van der Waals surface area contributed by atoms with Crippen LogP contribution in [0, 0.1) is 5.92 Å². The molecule has 1 N–H and O–H groups in total.